The van der Waals surface area contributed by atoms with Gasteiger partial charge in [0, 0.05) is 25.7 Å². The molecule has 3 aliphatic rings. The van der Waals surface area contributed by atoms with Crippen molar-refractivity contribution in [2.45, 2.75) is 64.0 Å². The van der Waals surface area contributed by atoms with Crippen LogP contribution in [0.4, 0.5) is 0 Å². The molecule has 0 spiro atoms. The van der Waals surface area contributed by atoms with Crippen molar-refractivity contribution in [3.05, 3.63) is 17.7 Å². The van der Waals surface area contributed by atoms with Gasteiger partial charge in [-0.05, 0) is 51.4 Å². The lowest BCUT2D eigenvalue weighted by molar-refractivity contribution is -0.127. The van der Waals surface area contributed by atoms with Gasteiger partial charge in [-0.2, -0.15) is 0 Å². The van der Waals surface area contributed by atoms with Gasteiger partial charge in [0.05, 0.1) is 17.9 Å². The summed E-state index contributed by atoms with van der Waals surface area (Å²) in [5.74, 6) is 0.244. The first-order chi connectivity index (χ1) is 11.7. The van der Waals surface area contributed by atoms with Gasteiger partial charge < -0.3 is 14.8 Å². The fraction of sp³-hybridized carbons (Fsp3) is 0.722. The van der Waals surface area contributed by atoms with E-state index in [1.807, 2.05) is 9.47 Å². The number of fused-ring (bicyclic) bond motifs is 1. The van der Waals surface area contributed by atoms with Gasteiger partial charge in [-0.1, -0.05) is 0 Å². The fourth-order valence-corrected chi connectivity index (χ4v) is 3.98. The Hall–Kier alpha value is -1.85. The number of rotatable bonds is 3. The van der Waals surface area contributed by atoms with E-state index in [0.717, 1.165) is 57.3 Å². The Balaban J connectivity index is 1.43. The van der Waals surface area contributed by atoms with Crippen LogP contribution in [-0.2, 0) is 17.8 Å². The number of hydrogen-bond donors (Lipinski definition) is 1. The Morgan fingerprint density at radius 1 is 1.08 bits per heavy atom. The number of amides is 2. The number of likely N-dealkylation sites (tertiary alicyclic amines) is 1. The lowest BCUT2D eigenvalue weighted by Crippen LogP contribution is -2.44. The van der Waals surface area contributed by atoms with Crippen LogP contribution in [0.5, 0.6) is 0 Å². The van der Waals surface area contributed by atoms with E-state index < -0.39 is 0 Å². The van der Waals surface area contributed by atoms with E-state index in [1.165, 1.54) is 12.8 Å². The van der Waals surface area contributed by atoms with Crippen LogP contribution < -0.4 is 5.32 Å². The largest absolute Gasteiger partial charge is 0.353 e. The van der Waals surface area contributed by atoms with Gasteiger partial charge in [0.1, 0.15) is 5.69 Å². The van der Waals surface area contributed by atoms with Gasteiger partial charge in [-0.25, -0.2) is 4.98 Å². The van der Waals surface area contributed by atoms with Crippen LogP contribution >= 0.6 is 0 Å². The molecule has 0 aromatic carbocycles. The van der Waals surface area contributed by atoms with E-state index >= 15 is 0 Å². The standard InChI is InChI=1S/C18H26N4O2/c23-17(20-14-5-4-6-14)13-7-8-15-16(19-12-22(15)11-13)18(24)21-9-2-1-3-10-21/h12-14H,1-11H2,(H,20,23). The Bertz CT molecular complexity index is 629. The zero-order valence-electron chi connectivity index (χ0n) is 14.2. The van der Waals surface area contributed by atoms with Crippen molar-refractivity contribution in [3.8, 4) is 0 Å². The molecule has 2 aliphatic heterocycles. The van der Waals surface area contributed by atoms with Crippen molar-refractivity contribution in [1.82, 2.24) is 19.8 Å². The van der Waals surface area contributed by atoms with Gasteiger partial charge in [-0.3, -0.25) is 9.59 Å². The van der Waals surface area contributed by atoms with E-state index in [2.05, 4.69) is 10.3 Å². The minimum atomic E-state index is 0.00485. The van der Waals surface area contributed by atoms with E-state index in [1.54, 1.807) is 6.33 Å². The number of hydrogen-bond acceptors (Lipinski definition) is 3. The quantitative estimate of drug-likeness (QED) is 0.918. The first-order valence-electron chi connectivity index (χ1n) is 9.36. The summed E-state index contributed by atoms with van der Waals surface area (Å²) in [6.07, 6.45) is 10.2. The number of aromatic nitrogens is 2. The minimum absolute atomic E-state index is 0.00485. The van der Waals surface area contributed by atoms with Crippen molar-refractivity contribution in [1.29, 1.82) is 0 Å². The monoisotopic (exact) mass is 330 g/mol. The van der Waals surface area contributed by atoms with Crippen LogP contribution in [0.25, 0.3) is 0 Å². The highest BCUT2D eigenvalue weighted by Gasteiger charge is 2.31. The molecule has 1 aliphatic carbocycles. The number of piperidine rings is 1. The van der Waals surface area contributed by atoms with Gasteiger partial charge >= 0.3 is 0 Å². The maximum atomic E-state index is 12.7. The Morgan fingerprint density at radius 2 is 1.88 bits per heavy atom. The van der Waals surface area contributed by atoms with Gasteiger partial charge in [-0.15, -0.1) is 0 Å². The number of carbonyl (C=O) groups excluding carboxylic acids is 2. The van der Waals surface area contributed by atoms with Gasteiger partial charge in [0.2, 0.25) is 5.91 Å². The summed E-state index contributed by atoms with van der Waals surface area (Å²) in [7, 11) is 0. The molecule has 1 aromatic rings. The molecule has 6 heteroatoms. The first kappa shape index (κ1) is 15.7. The minimum Gasteiger partial charge on any atom is -0.353 e. The predicted octanol–water partition coefficient (Wildman–Crippen LogP) is 1.74. The molecule has 1 unspecified atom stereocenters. The number of imidazole rings is 1. The summed E-state index contributed by atoms with van der Waals surface area (Å²) in [6, 6.07) is 0.387. The highest BCUT2D eigenvalue weighted by Crippen LogP contribution is 2.25. The second-order valence-electron chi connectivity index (χ2n) is 7.42. The first-order valence-corrected chi connectivity index (χ1v) is 9.36. The lowest BCUT2D eigenvalue weighted by atomic mass is 9.91. The average molecular weight is 330 g/mol. The van der Waals surface area contributed by atoms with Crippen LogP contribution in [0.15, 0.2) is 6.33 Å². The van der Waals surface area contributed by atoms with Crippen molar-refractivity contribution in [3.63, 3.8) is 0 Å². The summed E-state index contributed by atoms with van der Waals surface area (Å²) in [6.45, 7) is 2.34. The van der Waals surface area contributed by atoms with Crippen LogP contribution in [0.3, 0.4) is 0 Å². The molecule has 24 heavy (non-hydrogen) atoms. The lowest BCUT2D eigenvalue weighted by Gasteiger charge is -2.31. The topological polar surface area (TPSA) is 67.2 Å². The molecular formula is C18H26N4O2. The van der Waals surface area contributed by atoms with E-state index in [4.69, 9.17) is 0 Å². The van der Waals surface area contributed by atoms with Crippen LogP contribution in [0, 0.1) is 5.92 Å². The van der Waals surface area contributed by atoms with Crippen LogP contribution in [0.2, 0.25) is 0 Å². The zero-order chi connectivity index (χ0) is 16.5. The van der Waals surface area contributed by atoms with Crippen molar-refractivity contribution < 1.29 is 9.59 Å². The summed E-state index contributed by atoms with van der Waals surface area (Å²) >= 11 is 0. The maximum Gasteiger partial charge on any atom is 0.274 e. The smallest absolute Gasteiger partial charge is 0.274 e. The molecule has 1 N–H and O–H groups in total. The normalized spacial score (nSPS) is 24.2. The molecule has 1 saturated carbocycles. The SMILES string of the molecule is O=C(NC1CCC1)C1CCc2c(C(=O)N3CCCCC3)ncn2C1. The van der Waals surface area contributed by atoms with E-state index in [0.29, 0.717) is 18.3 Å². The third-order valence-corrected chi connectivity index (χ3v) is 5.76. The summed E-state index contributed by atoms with van der Waals surface area (Å²) < 4.78 is 2.02. The second kappa shape index (κ2) is 6.57. The van der Waals surface area contributed by atoms with Crippen molar-refractivity contribution >= 4 is 11.8 Å². The third-order valence-electron chi connectivity index (χ3n) is 5.76. The molecule has 2 amide bonds. The number of nitrogens with one attached hydrogen (secondary N) is 1. The predicted molar refractivity (Wildman–Crippen MR) is 89.6 cm³/mol. The highest BCUT2D eigenvalue weighted by molar-refractivity contribution is 5.93. The molecule has 0 radical (unpaired) electrons. The molecule has 4 rings (SSSR count). The molecule has 6 nitrogen and oxygen atoms in total. The van der Waals surface area contributed by atoms with Crippen molar-refractivity contribution in [2.75, 3.05) is 13.1 Å². The van der Waals surface area contributed by atoms with Gasteiger partial charge in [0.25, 0.3) is 5.91 Å². The third kappa shape index (κ3) is 2.94. The molecule has 1 aromatic heterocycles. The maximum absolute atomic E-state index is 12.7. The highest BCUT2D eigenvalue weighted by atomic mass is 16.2. The Morgan fingerprint density at radius 3 is 2.58 bits per heavy atom. The van der Waals surface area contributed by atoms with Gasteiger partial charge in [0.15, 0.2) is 0 Å². The molecule has 130 valence electrons. The molecular weight excluding hydrogens is 304 g/mol. The van der Waals surface area contributed by atoms with Crippen molar-refractivity contribution in [2.24, 2.45) is 5.92 Å². The molecule has 0 bridgehead atoms. The van der Waals surface area contributed by atoms with E-state index in [9.17, 15) is 9.59 Å². The van der Waals surface area contributed by atoms with E-state index in [-0.39, 0.29) is 17.7 Å². The second-order valence-corrected chi connectivity index (χ2v) is 7.42. The average Bonchev–Trinajstić information content (AvgIpc) is 3.01. The van der Waals surface area contributed by atoms with Crippen LogP contribution in [-0.4, -0.2) is 45.4 Å². The zero-order valence-corrected chi connectivity index (χ0v) is 14.2. The molecule has 1 atom stereocenters. The molecule has 1 saturated heterocycles. The Kier molecular flexibility index (Phi) is 4.29. The number of carbonyl (C=O) groups is 2. The summed E-state index contributed by atoms with van der Waals surface area (Å²) in [4.78, 5) is 31.4. The molecule has 3 heterocycles. The fourth-order valence-electron chi connectivity index (χ4n) is 3.98. The summed E-state index contributed by atoms with van der Waals surface area (Å²) in [5.41, 5.74) is 1.62. The summed E-state index contributed by atoms with van der Waals surface area (Å²) in [5, 5.41) is 3.15. The molecule has 2 fully saturated rings. The Labute approximate surface area is 142 Å². The number of nitrogens with zero attached hydrogens (tertiary/aromatic N) is 3. The van der Waals surface area contributed by atoms with Crippen LogP contribution in [0.1, 0.15) is 61.1 Å².